The van der Waals surface area contributed by atoms with Crippen molar-refractivity contribution in [1.29, 1.82) is 0 Å². The van der Waals surface area contributed by atoms with Gasteiger partial charge in [-0.2, -0.15) is 0 Å². The number of unbranched alkanes of at least 4 members (excludes halogenated alkanes) is 1. The van der Waals surface area contributed by atoms with E-state index in [4.69, 9.17) is 4.74 Å². The van der Waals surface area contributed by atoms with Crippen LogP contribution in [0, 0.1) is 6.92 Å². The Morgan fingerprint density at radius 1 is 1.29 bits per heavy atom. The molecule has 0 radical (unpaired) electrons. The molecule has 0 fully saturated rings. The number of nitrogens with one attached hydrogen (secondary N) is 2. The number of fused-ring (bicyclic) bond motifs is 1. The van der Waals surface area contributed by atoms with E-state index in [1.807, 2.05) is 19.2 Å². The van der Waals surface area contributed by atoms with Crippen LogP contribution in [-0.2, 0) is 6.42 Å². The Hall–Kier alpha value is -1.91. The van der Waals surface area contributed by atoms with Crippen LogP contribution in [0.25, 0.3) is 0 Å². The lowest BCUT2D eigenvalue weighted by Gasteiger charge is -2.34. The Kier molecular flexibility index (Phi) is 5.48. The highest BCUT2D eigenvalue weighted by Crippen LogP contribution is 2.32. The van der Waals surface area contributed by atoms with E-state index < -0.39 is 0 Å². The summed E-state index contributed by atoms with van der Waals surface area (Å²) >= 11 is 0. The lowest BCUT2D eigenvalue weighted by Crippen LogP contribution is -2.49. The fourth-order valence-corrected chi connectivity index (χ4v) is 3.34. The minimum atomic E-state index is 0.181. The highest BCUT2D eigenvalue weighted by molar-refractivity contribution is 5.44. The maximum atomic E-state index is 5.42. The SMILES string of the molecule is CCCCN[C@H]1Cc2cc(OC)ccc2[C@H](c2ccnc(C)c2)N1. The summed E-state index contributed by atoms with van der Waals surface area (Å²) in [7, 11) is 1.73. The maximum absolute atomic E-state index is 5.42. The zero-order chi connectivity index (χ0) is 16.9. The first-order chi connectivity index (χ1) is 11.7. The predicted molar refractivity (Wildman–Crippen MR) is 97.3 cm³/mol. The Labute approximate surface area is 144 Å². The minimum Gasteiger partial charge on any atom is -0.497 e. The molecule has 2 atom stereocenters. The second kappa shape index (κ2) is 7.77. The quantitative estimate of drug-likeness (QED) is 0.800. The average Bonchev–Trinajstić information content (AvgIpc) is 2.60. The lowest BCUT2D eigenvalue weighted by atomic mass is 9.88. The molecule has 1 aromatic carbocycles. The summed E-state index contributed by atoms with van der Waals surface area (Å²) in [6.45, 7) is 5.30. The fourth-order valence-electron chi connectivity index (χ4n) is 3.34. The molecule has 0 unspecified atom stereocenters. The molecule has 1 aromatic heterocycles. The van der Waals surface area contributed by atoms with Crippen LogP contribution >= 0.6 is 0 Å². The van der Waals surface area contributed by atoms with Crippen LogP contribution in [0.15, 0.2) is 36.5 Å². The van der Waals surface area contributed by atoms with Gasteiger partial charge in [-0.1, -0.05) is 19.4 Å². The van der Waals surface area contributed by atoms with Crippen molar-refractivity contribution >= 4 is 0 Å². The molecule has 0 amide bonds. The van der Waals surface area contributed by atoms with Crippen molar-refractivity contribution in [3.63, 3.8) is 0 Å². The summed E-state index contributed by atoms with van der Waals surface area (Å²) in [4.78, 5) is 4.33. The molecule has 3 rings (SSSR count). The number of aromatic nitrogens is 1. The van der Waals surface area contributed by atoms with Gasteiger partial charge in [-0.3, -0.25) is 10.3 Å². The molecule has 2 heterocycles. The summed E-state index contributed by atoms with van der Waals surface area (Å²) in [6.07, 6.45) is 5.54. The van der Waals surface area contributed by atoms with Crippen molar-refractivity contribution in [2.45, 2.75) is 45.3 Å². The molecular weight excluding hydrogens is 298 g/mol. The first kappa shape index (κ1) is 16.9. The third-order valence-corrected chi connectivity index (χ3v) is 4.63. The smallest absolute Gasteiger partial charge is 0.119 e. The van der Waals surface area contributed by atoms with Gasteiger partial charge in [0.05, 0.1) is 19.3 Å². The van der Waals surface area contributed by atoms with E-state index in [0.29, 0.717) is 0 Å². The molecule has 4 nitrogen and oxygen atoms in total. The number of ether oxygens (including phenoxy) is 1. The Bertz CT molecular complexity index is 686. The van der Waals surface area contributed by atoms with Gasteiger partial charge in [0, 0.05) is 18.3 Å². The highest BCUT2D eigenvalue weighted by atomic mass is 16.5. The van der Waals surface area contributed by atoms with Crippen LogP contribution in [0.5, 0.6) is 5.75 Å². The third-order valence-electron chi connectivity index (χ3n) is 4.63. The maximum Gasteiger partial charge on any atom is 0.119 e. The van der Waals surface area contributed by atoms with Gasteiger partial charge in [0.2, 0.25) is 0 Å². The van der Waals surface area contributed by atoms with Gasteiger partial charge in [-0.25, -0.2) is 0 Å². The molecular formula is C20H27N3O. The van der Waals surface area contributed by atoms with Gasteiger partial charge in [-0.05, 0) is 60.8 Å². The van der Waals surface area contributed by atoms with E-state index >= 15 is 0 Å². The van der Waals surface area contributed by atoms with Crippen LogP contribution < -0.4 is 15.4 Å². The average molecular weight is 325 g/mol. The second-order valence-electron chi connectivity index (χ2n) is 6.46. The van der Waals surface area contributed by atoms with E-state index in [9.17, 15) is 0 Å². The topological polar surface area (TPSA) is 46.2 Å². The van der Waals surface area contributed by atoms with Crippen molar-refractivity contribution in [3.8, 4) is 5.75 Å². The number of methoxy groups -OCH3 is 1. The largest absolute Gasteiger partial charge is 0.497 e. The highest BCUT2D eigenvalue weighted by Gasteiger charge is 2.27. The summed E-state index contributed by atoms with van der Waals surface area (Å²) in [5.74, 6) is 0.924. The molecule has 1 aliphatic heterocycles. The zero-order valence-electron chi connectivity index (χ0n) is 14.8. The van der Waals surface area contributed by atoms with Crippen LogP contribution in [0.3, 0.4) is 0 Å². The van der Waals surface area contributed by atoms with Crippen molar-refractivity contribution < 1.29 is 4.74 Å². The monoisotopic (exact) mass is 325 g/mol. The van der Waals surface area contributed by atoms with E-state index in [1.165, 1.54) is 29.5 Å². The van der Waals surface area contributed by atoms with E-state index in [2.05, 4.69) is 46.8 Å². The second-order valence-corrected chi connectivity index (χ2v) is 6.46. The molecule has 0 aliphatic carbocycles. The van der Waals surface area contributed by atoms with Crippen molar-refractivity contribution in [2.75, 3.05) is 13.7 Å². The van der Waals surface area contributed by atoms with Crippen molar-refractivity contribution in [3.05, 3.63) is 58.9 Å². The number of aryl methyl sites for hydroxylation is 1. The van der Waals surface area contributed by atoms with Crippen molar-refractivity contribution in [2.24, 2.45) is 0 Å². The van der Waals surface area contributed by atoms with Gasteiger partial charge in [0.15, 0.2) is 0 Å². The summed E-state index contributed by atoms with van der Waals surface area (Å²) in [5, 5.41) is 7.42. The normalized spacial score (nSPS) is 19.8. The Morgan fingerprint density at radius 3 is 2.92 bits per heavy atom. The molecule has 0 saturated heterocycles. The van der Waals surface area contributed by atoms with E-state index in [1.54, 1.807) is 7.11 Å². The minimum absolute atomic E-state index is 0.181. The molecule has 1 aliphatic rings. The van der Waals surface area contributed by atoms with Gasteiger partial charge < -0.3 is 10.1 Å². The molecule has 24 heavy (non-hydrogen) atoms. The van der Waals surface area contributed by atoms with Gasteiger partial charge >= 0.3 is 0 Å². The van der Waals surface area contributed by atoms with Gasteiger partial charge in [0.1, 0.15) is 5.75 Å². The molecule has 2 N–H and O–H groups in total. The predicted octanol–water partition coefficient (Wildman–Crippen LogP) is 3.35. The number of rotatable bonds is 6. The van der Waals surface area contributed by atoms with Crippen LogP contribution in [0.4, 0.5) is 0 Å². The molecule has 128 valence electrons. The van der Waals surface area contributed by atoms with E-state index in [-0.39, 0.29) is 12.2 Å². The zero-order valence-corrected chi connectivity index (χ0v) is 14.8. The molecule has 0 spiro atoms. The van der Waals surface area contributed by atoms with Gasteiger partial charge in [0.25, 0.3) is 0 Å². The molecule has 0 saturated carbocycles. The lowest BCUT2D eigenvalue weighted by molar-refractivity contribution is 0.366. The van der Waals surface area contributed by atoms with Crippen LogP contribution in [-0.4, -0.2) is 24.8 Å². The Morgan fingerprint density at radius 2 is 2.17 bits per heavy atom. The Balaban J connectivity index is 1.91. The number of hydrogen-bond donors (Lipinski definition) is 2. The third kappa shape index (κ3) is 3.77. The first-order valence-electron chi connectivity index (χ1n) is 8.80. The van der Waals surface area contributed by atoms with Gasteiger partial charge in [-0.15, -0.1) is 0 Å². The van der Waals surface area contributed by atoms with Crippen LogP contribution in [0.2, 0.25) is 0 Å². The van der Waals surface area contributed by atoms with Crippen molar-refractivity contribution in [1.82, 2.24) is 15.6 Å². The standard InChI is InChI=1S/C20H27N3O/c1-4-5-9-22-19-13-16-12-17(24-3)6-7-18(16)20(23-19)15-8-10-21-14(2)11-15/h6-8,10-12,19-20,22-23H,4-5,9,13H2,1-3H3/t19-,20+/m1/s1. The summed E-state index contributed by atoms with van der Waals surface area (Å²) in [5.41, 5.74) is 4.98. The van der Waals surface area contributed by atoms with E-state index in [0.717, 1.165) is 24.4 Å². The summed E-state index contributed by atoms with van der Waals surface area (Å²) < 4.78 is 5.42. The number of hydrogen-bond acceptors (Lipinski definition) is 4. The number of pyridine rings is 1. The molecule has 2 aromatic rings. The summed E-state index contributed by atoms with van der Waals surface area (Å²) in [6, 6.07) is 10.9. The van der Waals surface area contributed by atoms with Crippen LogP contribution in [0.1, 0.15) is 48.2 Å². The molecule has 4 heteroatoms. The first-order valence-corrected chi connectivity index (χ1v) is 8.80. The number of benzene rings is 1. The fraction of sp³-hybridized carbons (Fsp3) is 0.450. The number of nitrogens with zero attached hydrogens (tertiary/aromatic N) is 1. The molecule has 0 bridgehead atoms.